The molecular formula is C20H15F5O5. The highest BCUT2D eigenvalue weighted by molar-refractivity contribution is 5.91. The van der Waals surface area contributed by atoms with Crippen molar-refractivity contribution < 1.29 is 45.8 Å². The lowest BCUT2D eigenvalue weighted by molar-refractivity contribution is -0.360. The maximum Gasteiger partial charge on any atom is 0.499 e. The van der Waals surface area contributed by atoms with Crippen molar-refractivity contribution >= 4 is 18.0 Å². The Labute approximate surface area is 167 Å². The molecule has 0 radical (unpaired) electrons. The molecule has 5 nitrogen and oxygen atoms in total. The molecule has 0 amide bonds. The van der Waals surface area contributed by atoms with Crippen LogP contribution in [0.25, 0.3) is 6.08 Å². The van der Waals surface area contributed by atoms with Gasteiger partial charge in [-0.25, -0.2) is 9.59 Å². The minimum absolute atomic E-state index is 0.0936. The fourth-order valence-electron chi connectivity index (χ4n) is 2.03. The van der Waals surface area contributed by atoms with Crippen molar-refractivity contribution in [3.8, 4) is 11.5 Å². The van der Waals surface area contributed by atoms with Crippen LogP contribution in [-0.4, -0.2) is 30.8 Å². The average molecular weight is 430 g/mol. The second-order valence-corrected chi connectivity index (χ2v) is 5.68. The molecule has 160 valence electrons. The first-order chi connectivity index (χ1) is 14.0. The number of rotatable bonds is 7. The number of benzene rings is 2. The fraction of sp³-hybridized carbons (Fsp3) is 0.200. The molecule has 0 aromatic heterocycles. The molecule has 0 atom stereocenters. The molecule has 0 fully saturated rings. The first-order valence-corrected chi connectivity index (χ1v) is 8.42. The first kappa shape index (κ1) is 22.9. The summed E-state index contributed by atoms with van der Waals surface area (Å²) in [5.41, 5.74) is 0.541. The Balaban J connectivity index is 1.98. The molecule has 2 aromatic carbocycles. The largest absolute Gasteiger partial charge is 0.499 e. The zero-order valence-corrected chi connectivity index (χ0v) is 15.4. The van der Waals surface area contributed by atoms with Crippen molar-refractivity contribution in [2.75, 3.05) is 6.61 Å². The van der Waals surface area contributed by atoms with Gasteiger partial charge in [0, 0.05) is 6.08 Å². The number of ether oxygens (including phenoxy) is 3. The van der Waals surface area contributed by atoms with Crippen molar-refractivity contribution in [1.29, 1.82) is 0 Å². The first-order valence-electron chi connectivity index (χ1n) is 8.42. The molecule has 0 saturated carbocycles. The van der Waals surface area contributed by atoms with Gasteiger partial charge >= 0.3 is 24.2 Å². The minimum atomic E-state index is -5.87. The summed E-state index contributed by atoms with van der Waals surface area (Å²) < 4.78 is 75.6. The van der Waals surface area contributed by atoms with Gasteiger partial charge in [-0.3, -0.25) is 0 Å². The Hall–Kier alpha value is -3.43. The zero-order chi connectivity index (χ0) is 22.4. The van der Waals surface area contributed by atoms with E-state index in [4.69, 9.17) is 9.47 Å². The number of alkyl halides is 5. The highest BCUT2D eigenvalue weighted by Crippen LogP contribution is 2.37. The smallest absolute Gasteiger partial charge is 0.463 e. The van der Waals surface area contributed by atoms with E-state index in [-0.39, 0.29) is 17.9 Å². The van der Waals surface area contributed by atoms with E-state index >= 15 is 0 Å². The summed E-state index contributed by atoms with van der Waals surface area (Å²) in [4.78, 5) is 23.3. The molecular weight excluding hydrogens is 415 g/mol. The maximum atomic E-state index is 12.9. The van der Waals surface area contributed by atoms with E-state index in [0.29, 0.717) is 5.56 Å². The minimum Gasteiger partial charge on any atom is -0.463 e. The molecule has 0 aliphatic rings. The van der Waals surface area contributed by atoms with Crippen LogP contribution in [0.15, 0.2) is 54.6 Å². The van der Waals surface area contributed by atoms with E-state index in [9.17, 15) is 31.5 Å². The van der Waals surface area contributed by atoms with E-state index < -0.39 is 30.0 Å². The van der Waals surface area contributed by atoms with Crippen molar-refractivity contribution in [3.63, 3.8) is 0 Å². The van der Waals surface area contributed by atoms with Crippen LogP contribution in [0.1, 0.15) is 22.8 Å². The number of carbonyl (C=O) groups is 2. The third-order valence-electron chi connectivity index (χ3n) is 3.46. The average Bonchev–Trinajstić information content (AvgIpc) is 2.67. The van der Waals surface area contributed by atoms with Gasteiger partial charge in [-0.1, -0.05) is 12.1 Å². The quantitative estimate of drug-likeness (QED) is 0.267. The SMILES string of the molecule is CCOC(=O)/C=C/c1ccc(OC(=O)c2ccc(OC(F)(F)C(F)(F)F)cc2)cc1. The topological polar surface area (TPSA) is 61.8 Å². The Morgan fingerprint density at radius 3 is 2.00 bits per heavy atom. The third-order valence-corrected chi connectivity index (χ3v) is 3.46. The van der Waals surface area contributed by atoms with Gasteiger partial charge in [-0.15, -0.1) is 0 Å². The molecule has 0 unspecified atom stereocenters. The normalized spacial score (nSPS) is 11.9. The Morgan fingerprint density at radius 2 is 1.47 bits per heavy atom. The lowest BCUT2D eigenvalue weighted by Crippen LogP contribution is -2.41. The van der Waals surface area contributed by atoms with Gasteiger partial charge in [0.05, 0.1) is 12.2 Å². The van der Waals surface area contributed by atoms with Crippen LogP contribution < -0.4 is 9.47 Å². The van der Waals surface area contributed by atoms with Crippen LogP contribution in [0.4, 0.5) is 22.0 Å². The number of halogens is 5. The lowest BCUT2D eigenvalue weighted by atomic mass is 10.2. The molecule has 30 heavy (non-hydrogen) atoms. The molecule has 2 aromatic rings. The van der Waals surface area contributed by atoms with E-state index in [1.54, 1.807) is 19.1 Å². The van der Waals surface area contributed by atoms with Crippen LogP contribution in [0, 0.1) is 0 Å². The number of hydrogen-bond donors (Lipinski definition) is 0. The Morgan fingerprint density at radius 1 is 0.900 bits per heavy atom. The molecule has 0 bridgehead atoms. The zero-order valence-electron chi connectivity index (χ0n) is 15.4. The van der Waals surface area contributed by atoms with Crippen molar-refractivity contribution in [1.82, 2.24) is 0 Å². The van der Waals surface area contributed by atoms with Gasteiger partial charge in [0.15, 0.2) is 0 Å². The molecule has 10 heteroatoms. The number of carbonyl (C=O) groups excluding carboxylic acids is 2. The van der Waals surface area contributed by atoms with Crippen molar-refractivity contribution in [2.45, 2.75) is 19.2 Å². The number of hydrogen-bond acceptors (Lipinski definition) is 5. The summed E-state index contributed by atoms with van der Waals surface area (Å²) in [5.74, 6) is -1.99. The summed E-state index contributed by atoms with van der Waals surface area (Å²) in [6.07, 6.45) is -8.50. The van der Waals surface area contributed by atoms with Crippen LogP contribution in [0.2, 0.25) is 0 Å². The molecule has 0 saturated heterocycles. The summed E-state index contributed by atoms with van der Waals surface area (Å²) >= 11 is 0. The summed E-state index contributed by atoms with van der Waals surface area (Å²) in [6.45, 7) is 1.92. The van der Waals surface area contributed by atoms with Crippen LogP contribution >= 0.6 is 0 Å². The van der Waals surface area contributed by atoms with E-state index in [0.717, 1.165) is 24.3 Å². The standard InChI is InChI=1S/C20H15F5O5/c1-2-28-17(26)12-5-13-3-8-15(9-4-13)29-18(27)14-6-10-16(11-7-14)30-20(24,25)19(21,22)23/h3-12H,2H2,1H3/b12-5+. The van der Waals surface area contributed by atoms with Gasteiger partial charge in [0.25, 0.3) is 0 Å². The van der Waals surface area contributed by atoms with Crippen LogP contribution in [-0.2, 0) is 9.53 Å². The Bertz CT molecular complexity index is 903. The molecule has 0 N–H and O–H groups in total. The predicted octanol–water partition coefficient (Wildman–Crippen LogP) is 5.02. The van der Waals surface area contributed by atoms with Gasteiger partial charge in [-0.2, -0.15) is 22.0 Å². The van der Waals surface area contributed by atoms with Gasteiger partial charge in [-0.05, 0) is 55.0 Å². The summed E-state index contributed by atoms with van der Waals surface area (Å²) in [6, 6.07) is 9.58. The maximum absolute atomic E-state index is 12.9. The second-order valence-electron chi connectivity index (χ2n) is 5.68. The highest BCUT2D eigenvalue weighted by atomic mass is 19.4. The number of esters is 2. The highest BCUT2D eigenvalue weighted by Gasteiger charge is 2.61. The van der Waals surface area contributed by atoms with E-state index in [2.05, 4.69) is 4.74 Å². The molecule has 0 aliphatic heterocycles. The van der Waals surface area contributed by atoms with Gasteiger partial charge in [0.2, 0.25) is 0 Å². The lowest BCUT2D eigenvalue weighted by Gasteiger charge is -2.20. The van der Waals surface area contributed by atoms with E-state index in [1.165, 1.54) is 24.3 Å². The van der Waals surface area contributed by atoms with Crippen molar-refractivity contribution in [3.05, 3.63) is 65.7 Å². The van der Waals surface area contributed by atoms with Gasteiger partial charge < -0.3 is 14.2 Å². The van der Waals surface area contributed by atoms with Crippen LogP contribution in [0.3, 0.4) is 0 Å². The second kappa shape index (κ2) is 9.38. The summed E-state index contributed by atoms with van der Waals surface area (Å²) in [7, 11) is 0. The summed E-state index contributed by atoms with van der Waals surface area (Å²) in [5, 5.41) is 0. The monoisotopic (exact) mass is 430 g/mol. The molecule has 0 spiro atoms. The van der Waals surface area contributed by atoms with Crippen LogP contribution in [0.5, 0.6) is 11.5 Å². The van der Waals surface area contributed by atoms with E-state index in [1.807, 2.05) is 0 Å². The van der Waals surface area contributed by atoms with Crippen molar-refractivity contribution in [2.24, 2.45) is 0 Å². The fourth-order valence-corrected chi connectivity index (χ4v) is 2.03. The molecule has 0 aliphatic carbocycles. The van der Waals surface area contributed by atoms with Gasteiger partial charge in [0.1, 0.15) is 11.5 Å². The molecule has 0 heterocycles. The molecule has 2 rings (SSSR count). The Kier molecular flexibility index (Phi) is 7.14. The third kappa shape index (κ3) is 6.29. The predicted molar refractivity (Wildman–Crippen MR) is 95.1 cm³/mol.